The van der Waals surface area contributed by atoms with E-state index in [2.05, 4.69) is 0 Å². The maximum atomic E-state index is 5.83. The number of rotatable bonds is 2. The second-order valence-corrected chi connectivity index (χ2v) is 4.33. The largest absolute Gasteiger partial charge is 0.468 e. The second kappa shape index (κ2) is 4.28. The van der Waals surface area contributed by atoms with Crippen molar-refractivity contribution in [3.05, 3.63) is 46.9 Å². The molecule has 82 valence electrons. The lowest BCUT2D eigenvalue weighted by Crippen LogP contribution is -2.10. The lowest BCUT2D eigenvalue weighted by Gasteiger charge is -2.02. The molecule has 0 saturated carbocycles. The molecule has 1 aromatic carbocycles. The molecule has 1 heterocycles. The summed E-state index contributed by atoms with van der Waals surface area (Å²) >= 11 is 10.8. The molecule has 0 unspecified atom stereocenters. The van der Waals surface area contributed by atoms with Crippen LogP contribution in [0.4, 0.5) is 0 Å². The molecule has 2 nitrogen and oxygen atoms in total. The summed E-state index contributed by atoms with van der Waals surface area (Å²) < 4.78 is 5.34. The summed E-state index contributed by atoms with van der Waals surface area (Å²) in [5, 5.41) is 0.695. The van der Waals surface area contributed by atoms with Gasteiger partial charge in [-0.15, -0.1) is 0 Å². The lowest BCUT2D eigenvalue weighted by atomic mass is 10.0. The van der Waals surface area contributed by atoms with Gasteiger partial charge in [-0.3, -0.25) is 0 Å². The molecular weight excluding hydrogens is 242 g/mol. The summed E-state index contributed by atoms with van der Waals surface area (Å²) in [6, 6.07) is 7.47. The lowest BCUT2D eigenvalue weighted by molar-refractivity contribution is 0.534. The number of hydrogen-bond donors (Lipinski definition) is 1. The predicted octanol–water partition coefficient (Wildman–Crippen LogP) is 3.54. The zero-order chi connectivity index (χ0) is 11.7. The van der Waals surface area contributed by atoms with Crippen molar-refractivity contribution in [3.63, 3.8) is 0 Å². The van der Waals surface area contributed by atoms with E-state index in [1.807, 2.05) is 31.2 Å². The molecule has 0 fully saturated rings. The Labute approximate surface area is 104 Å². The number of furan rings is 1. The minimum Gasteiger partial charge on any atom is -0.468 e. The highest BCUT2D eigenvalue weighted by Gasteiger charge is 2.14. The van der Waals surface area contributed by atoms with Crippen LogP contribution >= 0.6 is 23.8 Å². The minimum absolute atomic E-state index is 0.344. The van der Waals surface area contributed by atoms with E-state index >= 15 is 0 Å². The molecule has 0 saturated heterocycles. The molecule has 0 atom stereocenters. The van der Waals surface area contributed by atoms with E-state index in [0.717, 1.165) is 22.5 Å². The van der Waals surface area contributed by atoms with E-state index in [1.165, 1.54) is 0 Å². The quantitative estimate of drug-likeness (QED) is 0.830. The Bertz CT molecular complexity index is 530. The topological polar surface area (TPSA) is 39.2 Å². The van der Waals surface area contributed by atoms with Crippen molar-refractivity contribution in [2.75, 3.05) is 0 Å². The Kier molecular flexibility index (Phi) is 2.99. The first-order valence-electron chi connectivity index (χ1n) is 4.73. The molecular formula is C12H10ClNOS. The molecule has 0 radical (unpaired) electrons. The normalized spacial score (nSPS) is 10.4. The molecule has 0 amide bonds. The SMILES string of the molecule is Cc1occ(-c2ccc(Cl)cc2)c1C(N)=S. The van der Waals surface area contributed by atoms with Crippen LogP contribution in [0.1, 0.15) is 11.3 Å². The van der Waals surface area contributed by atoms with Crippen LogP contribution in [0.25, 0.3) is 11.1 Å². The highest BCUT2D eigenvalue weighted by atomic mass is 35.5. The van der Waals surface area contributed by atoms with Gasteiger partial charge in [0.1, 0.15) is 10.7 Å². The van der Waals surface area contributed by atoms with E-state index < -0.39 is 0 Å². The van der Waals surface area contributed by atoms with Crippen molar-refractivity contribution in [1.29, 1.82) is 0 Å². The van der Waals surface area contributed by atoms with Crippen molar-refractivity contribution < 1.29 is 4.42 Å². The second-order valence-electron chi connectivity index (χ2n) is 3.45. The molecule has 1 aromatic heterocycles. The van der Waals surface area contributed by atoms with Gasteiger partial charge in [0, 0.05) is 10.6 Å². The Balaban J connectivity index is 2.56. The van der Waals surface area contributed by atoms with Gasteiger partial charge >= 0.3 is 0 Å². The van der Waals surface area contributed by atoms with Crippen molar-refractivity contribution in [3.8, 4) is 11.1 Å². The van der Waals surface area contributed by atoms with Crippen LogP contribution in [0.2, 0.25) is 5.02 Å². The maximum Gasteiger partial charge on any atom is 0.111 e. The third-order valence-electron chi connectivity index (χ3n) is 2.38. The van der Waals surface area contributed by atoms with Gasteiger partial charge in [-0.25, -0.2) is 0 Å². The van der Waals surface area contributed by atoms with Gasteiger partial charge in [0.05, 0.1) is 11.8 Å². The van der Waals surface area contributed by atoms with Gasteiger partial charge < -0.3 is 10.2 Å². The standard InChI is InChI=1S/C12H10ClNOS/c1-7-11(12(14)16)10(6-15-7)8-2-4-9(13)5-3-8/h2-6H,1H3,(H2,14,16). The van der Waals surface area contributed by atoms with Crippen molar-refractivity contribution in [2.45, 2.75) is 6.92 Å². The molecule has 4 heteroatoms. The smallest absolute Gasteiger partial charge is 0.111 e. The fourth-order valence-corrected chi connectivity index (χ4v) is 1.98. The van der Waals surface area contributed by atoms with E-state index in [-0.39, 0.29) is 0 Å². The van der Waals surface area contributed by atoms with E-state index in [4.69, 9.17) is 34.0 Å². The first-order valence-corrected chi connectivity index (χ1v) is 5.52. The number of aryl methyl sites for hydroxylation is 1. The van der Waals surface area contributed by atoms with Crippen LogP contribution in [-0.2, 0) is 0 Å². The average molecular weight is 252 g/mol. The van der Waals surface area contributed by atoms with Crippen molar-refractivity contribution in [2.24, 2.45) is 5.73 Å². The van der Waals surface area contributed by atoms with E-state index in [9.17, 15) is 0 Å². The Morgan fingerprint density at radius 1 is 1.31 bits per heavy atom. The third kappa shape index (κ3) is 1.96. The van der Waals surface area contributed by atoms with E-state index in [1.54, 1.807) is 6.26 Å². The predicted molar refractivity (Wildman–Crippen MR) is 69.8 cm³/mol. The van der Waals surface area contributed by atoms with Crippen LogP contribution in [0.5, 0.6) is 0 Å². The molecule has 2 aromatic rings. The fourth-order valence-electron chi connectivity index (χ4n) is 1.60. The van der Waals surface area contributed by atoms with Crippen LogP contribution in [0.3, 0.4) is 0 Å². The number of benzene rings is 1. The molecule has 0 aliphatic carbocycles. The van der Waals surface area contributed by atoms with Crippen LogP contribution < -0.4 is 5.73 Å². The summed E-state index contributed by atoms with van der Waals surface area (Å²) in [7, 11) is 0. The molecule has 0 aliphatic rings. The monoisotopic (exact) mass is 251 g/mol. The molecule has 0 aliphatic heterocycles. The number of halogens is 1. The third-order valence-corrected chi connectivity index (χ3v) is 2.83. The molecule has 2 N–H and O–H groups in total. The van der Waals surface area contributed by atoms with Crippen LogP contribution in [0, 0.1) is 6.92 Å². The van der Waals surface area contributed by atoms with Gasteiger partial charge in [-0.1, -0.05) is 36.0 Å². The zero-order valence-corrected chi connectivity index (χ0v) is 10.2. The van der Waals surface area contributed by atoms with Gasteiger partial charge in [0.2, 0.25) is 0 Å². The highest BCUT2D eigenvalue weighted by molar-refractivity contribution is 7.80. The van der Waals surface area contributed by atoms with Crippen LogP contribution in [0.15, 0.2) is 34.9 Å². The summed E-state index contributed by atoms with van der Waals surface area (Å²) in [5.74, 6) is 0.734. The van der Waals surface area contributed by atoms with Gasteiger partial charge in [0.15, 0.2) is 0 Å². The Hall–Kier alpha value is -1.32. The molecule has 0 spiro atoms. The van der Waals surface area contributed by atoms with Crippen molar-refractivity contribution >= 4 is 28.8 Å². The van der Waals surface area contributed by atoms with Crippen LogP contribution in [-0.4, -0.2) is 4.99 Å². The number of nitrogens with two attached hydrogens (primary N) is 1. The van der Waals surface area contributed by atoms with Gasteiger partial charge in [0.25, 0.3) is 0 Å². The van der Waals surface area contributed by atoms with Crippen molar-refractivity contribution in [1.82, 2.24) is 0 Å². The summed E-state index contributed by atoms with van der Waals surface area (Å²) in [6.07, 6.45) is 1.66. The fraction of sp³-hybridized carbons (Fsp3) is 0.0833. The Morgan fingerprint density at radius 2 is 1.94 bits per heavy atom. The summed E-state index contributed by atoms with van der Waals surface area (Å²) in [5.41, 5.74) is 8.36. The molecule has 16 heavy (non-hydrogen) atoms. The van der Waals surface area contributed by atoms with Gasteiger partial charge in [-0.05, 0) is 24.6 Å². The Morgan fingerprint density at radius 3 is 2.50 bits per heavy atom. The number of thiocarbonyl (C=S) groups is 1. The average Bonchev–Trinajstić information content (AvgIpc) is 2.61. The summed E-state index contributed by atoms with van der Waals surface area (Å²) in [4.78, 5) is 0.344. The maximum absolute atomic E-state index is 5.83. The molecule has 2 rings (SSSR count). The van der Waals surface area contributed by atoms with Gasteiger partial charge in [-0.2, -0.15) is 0 Å². The molecule has 0 bridgehead atoms. The summed E-state index contributed by atoms with van der Waals surface area (Å²) in [6.45, 7) is 1.84. The zero-order valence-electron chi connectivity index (χ0n) is 8.66. The first kappa shape index (κ1) is 11.2. The van der Waals surface area contributed by atoms with E-state index in [0.29, 0.717) is 10.0 Å². The number of hydrogen-bond acceptors (Lipinski definition) is 2. The highest BCUT2D eigenvalue weighted by Crippen LogP contribution is 2.28. The first-order chi connectivity index (χ1) is 7.59. The minimum atomic E-state index is 0.344.